The molecule has 7 aromatic carbocycles. The van der Waals surface area contributed by atoms with E-state index in [-0.39, 0.29) is 12.5 Å². The Hall–Kier alpha value is -7.14. The maximum absolute atomic E-state index is 11.0. The topological polar surface area (TPSA) is 147 Å². The summed E-state index contributed by atoms with van der Waals surface area (Å²) >= 11 is 0. The van der Waals surface area contributed by atoms with Gasteiger partial charge in [-0.05, 0) is 139 Å². The van der Waals surface area contributed by atoms with Gasteiger partial charge in [0.25, 0.3) is 0 Å². The lowest BCUT2D eigenvalue weighted by Gasteiger charge is -2.12. The van der Waals surface area contributed by atoms with Gasteiger partial charge in [-0.3, -0.25) is 0 Å². The number of phenols is 1. The van der Waals surface area contributed by atoms with Crippen LogP contribution in [0.1, 0.15) is 18.9 Å². The molecule has 0 heterocycles. The lowest BCUT2D eigenvalue weighted by Crippen LogP contribution is -2.08. The fourth-order valence-corrected chi connectivity index (χ4v) is 5.80. The van der Waals surface area contributed by atoms with E-state index in [0.29, 0.717) is 58.7 Å². The summed E-state index contributed by atoms with van der Waals surface area (Å²) in [6.07, 6.45) is 0.955. The van der Waals surface area contributed by atoms with E-state index in [1.165, 1.54) is 0 Å². The highest BCUT2D eigenvalue weighted by Gasteiger charge is 2.08. The highest BCUT2D eigenvalue weighted by Crippen LogP contribution is 2.37. The summed E-state index contributed by atoms with van der Waals surface area (Å²) in [5.74, 6) is 2.36. The largest absolute Gasteiger partial charge is 0.505 e. The smallest absolute Gasteiger partial charge is 0.159 e. The van der Waals surface area contributed by atoms with Crippen molar-refractivity contribution in [3.05, 3.63) is 139 Å². The van der Waals surface area contributed by atoms with Gasteiger partial charge in [0, 0.05) is 27.8 Å². The number of hydrogen-bond donors (Lipinski definition) is 4. The molecule has 0 aliphatic rings. The highest BCUT2D eigenvalue weighted by atomic mass is 16.5. The molecule has 0 aliphatic carbocycles. The van der Waals surface area contributed by atoms with Gasteiger partial charge in [-0.2, -0.15) is 15.3 Å². The van der Waals surface area contributed by atoms with Crippen LogP contribution in [0.5, 0.6) is 23.0 Å². The van der Waals surface area contributed by atoms with Crippen LogP contribution >= 0.6 is 0 Å². The molecule has 0 aromatic heterocycles. The van der Waals surface area contributed by atoms with Crippen LogP contribution in [0.25, 0.3) is 21.5 Å². The number of aromatic hydroxyl groups is 1. The monoisotopic (exact) mass is 731 g/mol. The molecular weight excluding hydrogens is 691 g/mol. The number of nitrogen functional groups attached to an aromatic ring is 1. The number of azo groups is 2. The minimum absolute atomic E-state index is 0.0532. The lowest BCUT2D eigenvalue weighted by molar-refractivity contribution is 0.321. The number of anilines is 3. The van der Waals surface area contributed by atoms with Crippen molar-refractivity contribution in [2.75, 3.05) is 36.4 Å². The van der Waals surface area contributed by atoms with Crippen molar-refractivity contribution in [3.8, 4) is 23.0 Å². The first kappa shape index (κ1) is 36.2. The molecule has 0 fully saturated rings. The fourth-order valence-electron chi connectivity index (χ4n) is 5.80. The molecule has 0 bridgehead atoms. The third-order valence-electron chi connectivity index (χ3n) is 8.75. The maximum atomic E-state index is 11.0. The van der Waals surface area contributed by atoms with Gasteiger partial charge in [-0.1, -0.05) is 31.2 Å². The second kappa shape index (κ2) is 17.1. The van der Waals surface area contributed by atoms with Gasteiger partial charge in [0.1, 0.15) is 22.9 Å². The molecule has 0 saturated heterocycles. The van der Waals surface area contributed by atoms with Crippen LogP contribution in [0.4, 0.5) is 39.8 Å². The Morgan fingerprint density at radius 3 is 1.96 bits per heavy atom. The summed E-state index contributed by atoms with van der Waals surface area (Å²) in [5, 5.41) is 38.8. The van der Waals surface area contributed by atoms with Crippen molar-refractivity contribution < 1.29 is 19.3 Å². The zero-order chi connectivity index (χ0) is 38.0. The van der Waals surface area contributed by atoms with Crippen LogP contribution in [-0.2, 0) is 0 Å². The summed E-state index contributed by atoms with van der Waals surface area (Å²) in [7, 11) is 0. The molecule has 0 radical (unpaired) electrons. The van der Waals surface area contributed by atoms with Crippen molar-refractivity contribution in [1.29, 1.82) is 0 Å². The van der Waals surface area contributed by atoms with E-state index in [9.17, 15) is 5.11 Å². The first-order valence-corrected chi connectivity index (χ1v) is 18.0. The van der Waals surface area contributed by atoms with E-state index in [2.05, 4.69) is 56.2 Å². The predicted octanol–water partition coefficient (Wildman–Crippen LogP) is 12.1. The molecule has 55 heavy (non-hydrogen) atoms. The van der Waals surface area contributed by atoms with Crippen LogP contribution in [-0.4, -0.2) is 25.2 Å². The molecule has 7 rings (SSSR count). The fraction of sp³-hybridized carbons (Fsp3) is 0.136. The standard InChI is InChI=1S/C44H41N7O4/c1-3-23-53-43-6-4-5-30-7-11-35(26-40(30)43)47-28-55-38-18-12-33(13-19-38)48-50-41-22-15-36(24-29(41)2)49-51-42-21-8-31-25-34(14-20-39(31)44(42)52)46-27-54-37-16-9-32(45)10-17-37/h4-22,24-26,46-47,52H,3,23,27-28,45H2,1-2H3. The van der Waals surface area contributed by atoms with Crippen molar-refractivity contribution in [1.82, 2.24) is 0 Å². The first-order valence-electron chi connectivity index (χ1n) is 18.0. The van der Waals surface area contributed by atoms with E-state index in [0.717, 1.165) is 45.3 Å². The molecule has 7 aromatic rings. The highest BCUT2D eigenvalue weighted by molar-refractivity contribution is 5.94. The molecule has 0 amide bonds. The van der Waals surface area contributed by atoms with Crippen LogP contribution in [0, 0.1) is 6.92 Å². The van der Waals surface area contributed by atoms with Crippen LogP contribution in [0.2, 0.25) is 0 Å². The van der Waals surface area contributed by atoms with Crippen molar-refractivity contribution in [2.45, 2.75) is 20.3 Å². The number of nitrogens with one attached hydrogen (secondary N) is 2. The van der Waals surface area contributed by atoms with Gasteiger partial charge in [-0.25, -0.2) is 0 Å². The van der Waals surface area contributed by atoms with Crippen LogP contribution in [0.15, 0.2) is 154 Å². The summed E-state index contributed by atoms with van der Waals surface area (Å²) in [6, 6.07) is 41.7. The Kier molecular flexibility index (Phi) is 11.3. The van der Waals surface area contributed by atoms with E-state index in [4.69, 9.17) is 19.9 Å². The van der Waals surface area contributed by atoms with E-state index in [1.54, 1.807) is 18.2 Å². The minimum Gasteiger partial charge on any atom is -0.505 e. The normalized spacial score (nSPS) is 11.4. The molecule has 0 spiro atoms. The van der Waals surface area contributed by atoms with E-state index < -0.39 is 0 Å². The second-order valence-corrected chi connectivity index (χ2v) is 12.8. The number of phenolic OH excluding ortho intramolecular Hbond substituents is 1. The zero-order valence-corrected chi connectivity index (χ0v) is 30.6. The summed E-state index contributed by atoms with van der Waals surface area (Å²) in [4.78, 5) is 0. The number of aryl methyl sites for hydroxylation is 1. The number of benzene rings is 7. The Bertz CT molecular complexity index is 2470. The van der Waals surface area contributed by atoms with Gasteiger partial charge >= 0.3 is 0 Å². The molecule has 0 saturated carbocycles. The molecule has 11 heteroatoms. The van der Waals surface area contributed by atoms with E-state index >= 15 is 0 Å². The number of ether oxygens (including phenoxy) is 3. The Morgan fingerprint density at radius 2 is 1.22 bits per heavy atom. The molecule has 0 aliphatic heterocycles. The van der Waals surface area contributed by atoms with Gasteiger partial charge in [0.2, 0.25) is 0 Å². The van der Waals surface area contributed by atoms with Crippen LogP contribution < -0.4 is 30.6 Å². The van der Waals surface area contributed by atoms with Gasteiger partial charge in [0.05, 0.1) is 23.7 Å². The SMILES string of the molecule is CCCOc1cccc2ccc(NCOc3ccc(N=Nc4ccc(N=Nc5ccc6cc(NCOc7ccc(N)cc7)ccc6c5O)cc4C)cc3)cc12. The predicted molar refractivity (Wildman–Crippen MR) is 220 cm³/mol. The average molecular weight is 732 g/mol. The number of fused-ring (bicyclic) bond motifs is 2. The maximum Gasteiger partial charge on any atom is 0.159 e. The number of rotatable bonds is 15. The summed E-state index contributed by atoms with van der Waals surface area (Å²) < 4.78 is 17.6. The third kappa shape index (κ3) is 9.27. The van der Waals surface area contributed by atoms with Gasteiger partial charge in [-0.15, -0.1) is 5.11 Å². The Labute approximate surface area is 319 Å². The molecule has 5 N–H and O–H groups in total. The molecule has 276 valence electrons. The zero-order valence-electron chi connectivity index (χ0n) is 30.6. The number of hydrogen-bond acceptors (Lipinski definition) is 11. The minimum atomic E-state index is 0.0532. The Morgan fingerprint density at radius 1 is 0.582 bits per heavy atom. The van der Waals surface area contributed by atoms with Crippen molar-refractivity contribution >= 4 is 61.4 Å². The van der Waals surface area contributed by atoms with Crippen molar-refractivity contribution in [2.24, 2.45) is 20.5 Å². The number of nitrogens with zero attached hydrogens (tertiary/aromatic N) is 4. The van der Waals surface area contributed by atoms with Crippen LogP contribution in [0.3, 0.4) is 0 Å². The summed E-state index contributed by atoms with van der Waals surface area (Å²) in [6.45, 7) is 5.29. The van der Waals surface area contributed by atoms with Crippen molar-refractivity contribution in [3.63, 3.8) is 0 Å². The molecule has 0 unspecified atom stereocenters. The molecular formula is C44H41N7O4. The third-order valence-corrected chi connectivity index (χ3v) is 8.75. The first-order chi connectivity index (χ1) is 26.9. The van der Waals surface area contributed by atoms with E-state index in [1.807, 2.05) is 104 Å². The Balaban J connectivity index is 0.913. The van der Waals surface area contributed by atoms with Gasteiger partial charge < -0.3 is 35.7 Å². The molecule has 0 atom stereocenters. The average Bonchev–Trinajstić information content (AvgIpc) is 3.20. The quantitative estimate of drug-likeness (QED) is 0.0466. The van der Waals surface area contributed by atoms with Gasteiger partial charge in [0.15, 0.2) is 19.2 Å². The number of nitrogens with two attached hydrogens (primary N) is 1. The second-order valence-electron chi connectivity index (χ2n) is 12.8. The lowest BCUT2D eigenvalue weighted by atomic mass is 10.1. The summed E-state index contributed by atoms with van der Waals surface area (Å²) in [5.41, 5.74) is 11.5. The molecule has 11 nitrogen and oxygen atoms in total.